The van der Waals surface area contributed by atoms with Gasteiger partial charge < -0.3 is 15.5 Å². The van der Waals surface area contributed by atoms with Crippen LogP contribution in [0, 0.1) is 5.92 Å². The van der Waals surface area contributed by atoms with Crippen molar-refractivity contribution in [1.82, 2.24) is 15.5 Å². The molecule has 2 aliphatic heterocycles. The predicted octanol–water partition coefficient (Wildman–Crippen LogP) is -0.136. The molecule has 2 saturated heterocycles. The summed E-state index contributed by atoms with van der Waals surface area (Å²) in [6.45, 7) is 3.80. The number of rotatable bonds is 3. The Balaban J connectivity index is 1.52. The highest BCUT2D eigenvalue weighted by atomic mass is 16.2. The highest BCUT2D eigenvalue weighted by Crippen LogP contribution is 2.37. The van der Waals surface area contributed by atoms with Crippen LogP contribution in [0.4, 0.5) is 0 Å². The molecule has 18 heavy (non-hydrogen) atoms. The highest BCUT2D eigenvalue weighted by molar-refractivity contribution is 5.85. The van der Waals surface area contributed by atoms with Gasteiger partial charge in [0.1, 0.15) is 0 Å². The number of nitrogens with zero attached hydrogens (tertiary/aromatic N) is 1. The minimum absolute atomic E-state index is 0.0141. The maximum Gasteiger partial charge on any atom is 0.237 e. The lowest BCUT2D eigenvalue weighted by Crippen LogP contribution is -2.46. The molecule has 0 unspecified atom stereocenters. The van der Waals surface area contributed by atoms with Gasteiger partial charge in [0.2, 0.25) is 11.8 Å². The molecule has 2 N–H and O–H groups in total. The molecule has 2 amide bonds. The fourth-order valence-corrected chi connectivity index (χ4v) is 3.10. The Hall–Kier alpha value is -1.10. The second kappa shape index (κ2) is 4.53. The van der Waals surface area contributed by atoms with E-state index in [2.05, 4.69) is 17.6 Å². The van der Waals surface area contributed by atoms with Crippen molar-refractivity contribution in [3.05, 3.63) is 0 Å². The number of hydrogen-bond acceptors (Lipinski definition) is 3. The van der Waals surface area contributed by atoms with Crippen LogP contribution in [0.15, 0.2) is 0 Å². The van der Waals surface area contributed by atoms with Gasteiger partial charge in [-0.2, -0.15) is 0 Å². The summed E-state index contributed by atoms with van der Waals surface area (Å²) in [5.74, 6) is 0.907. The number of carbonyl (C=O) groups is 2. The van der Waals surface area contributed by atoms with Crippen LogP contribution in [0.2, 0.25) is 0 Å². The third-order valence-corrected chi connectivity index (χ3v) is 4.35. The van der Waals surface area contributed by atoms with E-state index in [0.717, 1.165) is 25.8 Å². The summed E-state index contributed by atoms with van der Waals surface area (Å²) in [6, 6.07) is 0.401. The third kappa shape index (κ3) is 2.23. The minimum Gasteiger partial charge on any atom is -0.350 e. The van der Waals surface area contributed by atoms with Gasteiger partial charge in [-0.25, -0.2) is 0 Å². The topological polar surface area (TPSA) is 61.4 Å². The smallest absolute Gasteiger partial charge is 0.237 e. The molecule has 5 heteroatoms. The van der Waals surface area contributed by atoms with E-state index in [-0.39, 0.29) is 23.9 Å². The van der Waals surface area contributed by atoms with Crippen LogP contribution >= 0.6 is 0 Å². The summed E-state index contributed by atoms with van der Waals surface area (Å²) in [7, 11) is 0. The maximum absolute atomic E-state index is 12.0. The zero-order chi connectivity index (χ0) is 12.7. The SMILES string of the molecule is C[C@@H]1C[C@@H]1N1C[C@@H](NC(=O)[C@@H]2CCCN2)CC1=O. The van der Waals surface area contributed by atoms with Crippen molar-refractivity contribution in [1.29, 1.82) is 0 Å². The van der Waals surface area contributed by atoms with Crippen molar-refractivity contribution in [3.8, 4) is 0 Å². The molecule has 1 saturated carbocycles. The van der Waals surface area contributed by atoms with Crippen molar-refractivity contribution in [2.75, 3.05) is 13.1 Å². The Labute approximate surface area is 107 Å². The predicted molar refractivity (Wildman–Crippen MR) is 66.9 cm³/mol. The van der Waals surface area contributed by atoms with E-state index in [4.69, 9.17) is 0 Å². The van der Waals surface area contributed by atoms with Gasteiger partial charge >= 0.3 is 0 Å². The fraction of sp³-hybridized carbons (Fsp3) is 0.846. The summed E-state index contributed by atoms with van der Waals surface area (Å²) < 4.78 is 0. The quantitative estimate of drug-likeness (QED) is 0.734. The molecule has 3 fully saturated rings. The van der Waals surface area contributed by atoms with E-state index in [1.165, 1.54) is 0 Å². The molecule has 0 bridgehead atoms. The molecule has 100 valence electrons. The van der Waals surface area contributed by atoms with Crippen LogP contribution in [-0.4, -0.2) is 47.9 Å². The molecule has 3 aliphatic rings. The lowest BCUT2D eigenvalue weighted by atomic mass is 10.2. The molecule has 0 radical (unpaired) electrons. The maximum atomic E-state index is 12.0. The standard InChI is InChI=1S/C13H21N3O2/c1-8-5-11(8)16-7-9(6-12(16)17)15-13(18)10-3-2-4-14-10/h8-11,14H,2-7H2,1H3,(H,15,18)/t8-,9+,10+,11+/m1/s1. The summed E-state index contributed by atoms with van der Waals surface area (Å²) in [5.41, 5.74) is 0. The lowest BCUT2D eigenvalue weighted by molar-refractivity contribution is -0.128. The summed E-state index contributed by atoms with van der Waals surface area (Å²) in [4.78, 5) is 25.8. The van der Waals surface area contributed by atoms with E-state index in [9.17, 15) is 9.59 Å². The van der Waals surface area contributed by atoms with Gasteiger partial charge in [-0.3, -0.25) is 9.59 Å². The molecule has 1 aliphatic carbocycles. The van der Waals surface area contributed by atoms with E-state index in [1.54, 1.807) is 0 Å². The van der Waals surface area contributed by atoms with Gasteiger partial charge in [0.15, 0.2) is 0 Å². The molecular formula is C13H21N3O2. The molecule has 0 spiro atoms. The molecule has 0 aromatic heterocycles. The monoisotopic (exact) mass is 251 g/mol. The Bertz CT molecular complexity index is 365. The van der Waals surface area contributed by atoms with Crippen LogP contribution in [0.1, 0.15) is 32.6 Å². The molecule has 4 atom stereocenters. The van der Waals surface area contributed by atoms with Gasteiger partial charge in [-0.1, -0.05) is 6.92 Å². The van der Waals surface area contributed by atoms with Crippen molar-refractivity contribution >= 4 is 11.8 Å². The molecule has 5 nitrogen and oxygen atoms in total. The van der Waals surface area contributed by atoms with Gasteiger partial charge in [-0.05, 0) is 31.7 Å². The van der Waals surface area contributed by atoms with Gasteiger partial charge in [0, 0.05) is 19.0 Å². The Morgan fingerprint density at radius 2 is 2.28 bits per heavy atom. The number of hydrogen-bond donors (Lipinski definition) is 2. The second-order valence-electron chi connectivity index (χ2n) is 5.89. The van der Waals surface area contributed by atoms with E-state index in [0.29, 0.717) is 24.9 Å². The lowest BCUT2D eigenvalue weighted by Gasteiger charge is -2.18. The first-order valence-corrected chi connectivity index (χ1v) is 6.98. The summed E-state index contributed by atoms with van der Waals surface area (Å²) >= 11 is 0. The Kier molecular flexibility index (Phi) is 3.01. The largest absolute Gasteiger partial charge is 0.350 e. The van der Waals surface area contributed by atoms with Crippen LogP contribution in [0.3, 0.4) is 0 Å². The molecule has 3 rings (SSSR count). The molecule has 2 heterocycles. The first kappa shape index (κ1) is 12.0. The zero-order valence-corrected chi connectivity index (χ0v) is 10.8. The zero-order valence-electron chi connectivity index (χ0n) is 10.8. The number of amides is 2. The number of carbonyl (C=O) groups excluding carboxylic acids is 2. The molecule has 0 aromatic rings. The normalized spacial score (nSPS) is 39.2. The fourth-order valence-electron chi connectivity index (χ4n) is 3.10. The third-order valence-electron chi connectivity index (χ3n) is 4.35. The van der Waals surface area contributed by atoms with Crippen molar-refractivity contribution in [2.24, 2.45) is 5.92 Å². The average Bonchev–Trinajstić information content (AvgIpc) is 2.80. The van der Waals surface area contributed by atoms with E-state index in [1.807, 2.05) is 4.90 Å². The first-order valence-electron chi connectivity index (χ1n) is 6.98. The Morgan fingerprint density at radius 1 is 1.50 bits per heavy atom. The van der Waals surface area contributed by atoms with Crippen LogP contribution < -0.4 is 10.6 Å². The van der Waals surface area contributed by atoms with Crippen molar-refractivity contribution in [3.63, 3.8) is 0 Å². The Morgan fingerprint density at radius 3 is 2.89 bits per heavy atom. The van der Waals surface area contributed by atoms with E-state index >= 15 is 0 Å². The van der Waals surface area contributed by atoms with Crippen LogP contribution in [0.5, 0.6) is 0 Å². The van der Waals surface area contributed by atoms with Crippen molar-refractivity contribution < 1.29 is 9.59 Å². The number of likely N-dealkylation sites (tertiary alicyclic amines) is 1. The van der Waals surface area contributed by atoms with Crippen LogP contribution in [0.25, 0.3) is 0 Å². The van der Waals surface area contributed by atoms with Gasteiger partial charge in [0.25, 0.3) is 0 Å². The van der Waals surface area contributed by atoms with E-state index < -0.39 is 0 Å². The average molecular weight is 251 g/mol. The summed E-state index contributed by atoms with van der Waals surface area (Å²) in [6.07, 6.45) is 3.57. The van der Waals surface area contributed by atoms with Gasteiger partial charge in [0.05, 0.1) is 12.1 Å². The molecule has 0 aromatic carbocycles. The van der Waals surface area contributed by atoms with Crippen LogP contribution in [-0.2, 0) is 9.59 Å². The molecular weight excluding hydrogens is 230 g/mol. The second-order valence-corrected chi connectivity index (χ2v) is 5.89. The van der Waals surface area contributed by atoms with Gasteiger partial charge in [-0.15, -0.1) is 0 Å². The first-order chi connectivity index (χ1) is 8.65. The highest BCUT2D eigenvalue weighted by Gasteiger charge is 2.45. The summed E-state index contributed by atoms with van der Waals surface area (Å²) in [5, 5.41) is 6.20. The minimum atomic E-state index is -0.0472. The number of nitrogens with one attached hydrogen (secondary N) is 2. The van der Waals surface area contributed by atoms with Crippen molar-refractivity contribution in [2.45, 2.75) is 50.7 Å².